The van der Waals surface area contributed by atoms with Gasteiger partial charge in [0.15, 0.2) is 0 Å². The topological polar surface area (TPSA) is 86.3 Å². The van der Waals surface area contributed by atoms with E-state index >= 15 is 0 Å². The number of hydrogen-bond donors (Lipinski definition) is 1. The van der Waals surface area contributed by atoms with E-state index in [-0.39, 0.29) is 18.4 Å². The zero-order chi connectivity index (χ0) is 24.8. The average molecular weight is 488 g/mol. The van der Waals surface area contributed by atoms with Crippen molar-refractivity contribution in [1.29, 1.82) is 0 Å². The maximum Gasteiger partial charge on any atom is 0.389 e. The van der Waals surface area contributed by atoms with Crippen molar-refractivity contribution in [3.8, 4) is 0 Å². The Morgan fingerprint density at radius 2 is 1.91 bits per heavy atom. The molecule has 5 rings (SSSR count). The van der Waals surface area contributed by atoms with E-state index in [4.69, 9.17) is 25.4 Å². The number of aryl methyl sites for hydroxylation is 2. The first-order valence-corrected chi connectivity index (χ1v) is 12.5. The fourth-order valence-corrected chi connectivity index (χ4v) is 4.91. The monoisotopic (exact) mass is 487 g/mol. The summed E-state index contributed by atoms with van der Waals surface area (Å²) in [4.78, 5) is 19.1. The van der Waals surface area contributed by atoms with Crippen LogP contribution in [-0.4, -0.2) is 46.1 Å². The quantitative estimate of drug-likeness (QED) is 0.532. The number of fused-ring (bicyclic) bond motifs is 1. The highest BCUT2D eigenvalue weighted by Gasteiger charge is 2.49. The van der Waals surface area contributed by atoms with Crippen molar-refractivity contribution in [2.24, 2.45) is 10.7 Å². The van der Waals surface area contributed by atoms with Crippen molar-refractivity contribution in [3.63, 3.8) is 0 Å². The predicted octanol–water partition coefficient (Wildman–Crippen LogP) is 5.35. The second kappa shape index (κ2) is 9.15. The Morgan fingerprint density at radius 1 is 1.17 bits per heavy atom. The minimum absolute atomic E-state index is 0.0325. The molecule has 2 aromatic rings. The van der Waals surface area contributed by atoms with Crippen LogP contribution in [0.4, 0.5) is 13.2 Å². The van der Waals surface area contributed by atoms with Gasteiger partial charge in [-0.15, -0.1) is 0 Å². The van der Waals surface area contributed by atoms with E-state index in [9.17, 15) is 13.2 Å². The third-order valence-corrected chi connectivity index (χ3v) is 7.57. The normalized spacial score (nSPS) is 24.9. The van der Waals surface area contributed by atoms with Gasteiger partial charge in [-0.2, -0.15) is 13.2 Å². The van der Waals surface area contributed by atoms with Gasteiger partial charge < -0.3 is 10.5 Å². The molecule has 3 aliphatic rings. The third-order valence-electron chi connectivity index (χ3n) is 7.57. The Labute approximate surface area is 203 Å². The van der Waals surface area contributed by atoms with E-state index in [0.29, 0.717) is 48.6 Å². The van der Waals surface area contributed by atoms with Gasteiger partial charge in [-0.1, -0.05) is 0 Å². The van der Waals surface area contributed by atoms with Gasteiger partial charge >= 0.3 is 6.18 Å². The van der Waals surface area contributed by atoms with Crippen molar-refractivity contribution in [3.05, 3.63) is 40.6 Å². The smallest absolute Gasteiger partial charge is 0.389 e. The van der Waals surface area contributed by atoms with E-state index in [1.807, 2.05) is 26.1 Å². The number of hydrogen-bond acceptors (Lipinski definition) is 6. The van der Waals surface area contributed by atoms with Gasteiger partial charge in [-0.25, -0.2) is 9.97 Å². The molecule has 1 aliphatic heterocycles. The van der Waals surface area contributed by atoms with Crippen LogP contribution in [-0.2, 0) is 10.2 Å². The molecule has 3 fully saturated rings. The van der Waals surface area contributed by atoms with Gasteiger partial charge in [0, 0.05) is 48.0 Å². The number of aliphatic imine (C=N–C) groups is 1. The van der Waals surface area contributed by atoms with E-state index in [0.717, 1.165) is 41.9 Å². The summed E-state index contributed by atoms with van der Waals surface area (Å²) in [6, 6.07) is 2.36. The number of aromatic nitrogens is 3. The van der Waals surface area contributed by atoms with Crippen LogP contribution in [0, 0.1) is 13.8 Å². The molecule has 0 spiro atoms. The van der Waals surface area contributed by atoms with Gasteiger partial charge in [0.2, 0.25) is 0 Å². The summed E-state index contributed by atoms with van der Waals surface area (Å²) in [5.74, 6) is 0.0861. The summed E-state index contributed by atoms with van der Waals surface area (Å²) in [6.07, 6.45) is 3.30. The van der Waals surface area contributed by atoms with E-state index in [1.54, 1.807) is 6.20 Å². The Bertz CT molecular complexity index is 1170. The molecule has 6 nitrogen and oxygen atoms in total. The van der Waals surface area contributed by atoms with Gasteiger partial charge in [0.1, 0.15) is 5.52 Å². The van der Waals surface area contributed by atoms with Crippen molar-refractivity contribution in [1.82, 2.24) is 15.0 Å². The molecule has 0 radical (unpaired) electrons. The van der Waals surface area contributed by atoms with E-state index in [2.05, 4.69) is 4.99 Å². The molecule has 0 aromatic carbocycles. The third kappa shape index (κ3) is 5.34. The zero-order valence-electron chi connectivity index (χ0n) is 20.2. The number of ether oxygens (including phenoxy) is 1. The lowest BCUT2D eigenvalue weighted by Crippen LogP contribution is -2.28. The highest BCUT2D eigenvalue weighted by Crippen LogP contribution is 2.54. The summed E-state index contributed by atoms with van der Waals surface area (Å²) < 4.78 is 45.4. The van der Waals surface area contributed by atoms with Crippen molar-refractivity contribution < 1.29 is 17.9 Å². The van der Waals surface area contributed by atoms with Crippen LogP contribution in [0.2, 0.25) is 0 Å². The van der Waals surface area contributed by atoms with Gasteiger partial charge in [0.25, 0.3) is 0 Å². The average Bonchev–Trinajstić information content (AvgIpc) is 3.74. The first kappa shape index (κ1) is 24.2. The van der Waals surface area contributed by atoms with E-state index < -0.39 is 18.0 Å². The fraction of sp³-hybridized carbons (Fsp3) is 0.615. The molecule has 2 aliphatic carbocycles. The molecule has 35 heavy (non-hydrogen) atoms. The fourth-order valence-electron chi connectivity index (χ4n) is 4.91. The highest BCUT2D eigenvalue weighted by molar-refractivity contribution is 5.80. The minimum Gasteiger partial charge on any atom is -0.404 e. The Hall–Kier alpha value is -2.55. The number of nitrogens with two attached hydrogens (primary N) is 1. The molecule has 1 saturated heterocycles. The Morgan fingerprint density at radius 3 is 2.57 bits per heavy atom. The molecule has 2 unspecified atom stereocenters. The molecular formula is C26H32F3N5O. The molecule has 0 bridgehead atoms. The largest absolute Gasteiger partial charge is 0.404 e. The van der Waals surface area contributed by atoms with E-state index in [1.165, 1.54) is 0 Å². The lowest BCUT2D eigenvalue weighted by Gasteiger charge is -2.30. The molecular weight excluding hydrogens is 455 g/mol. The van der Waals surface area contributed by atoms with Crippen LogP contribution in [0.1, 0.15) is 80.1 Å². The van der Waals surface area contributed by atoms with Crippen LogP contribution < -0.4 is 5.73 Å². The second-order valence-electron chi connectivity index (χ2n) is 10.3. The molecule has 2 N–H and O–H groups in total. The van der Waals surface area contributed by atoms with Crippen molar-refractivity contribution in [2.45, 2.75) is 94.9 Å². The zero-order valence-corrected chi connectivity index (χ0v) is 20.2. The van der Waals surface area contributed by atoms with Crippen molar-refractivity contribution in [2.75, 3.05) is 6.61 Å². The van der Waals surface area contributed by atoms with Crippen molar-refractivity contribution >= 4 is 17.2 Å². The molecule has 2 aromatic heterocycles. The Kier molecular flexibility index (Phi) is 6.32. The first-order chi connectivity index (χ1) is 16.7. The summed E-state index contributed by atoms with van der Waals surface area (Å²) in [7, 11) is 0. The number of halogens is 3. The van der Waals surface area contributed by atoms with Crippen LogP contribution >= 0.6 is 0 Å². The summed E-state index contributed by atoms with van der Waals surface area (Å²) >= 11 is 0. The summed E-state index contributed by atoms with van der Waals surface area (Å²) in [5.41, 5.74) is 10.6. The lowest BCUT2D eigenvalue weighted by atomic mass is 9.87. The number of alkyl halides is 3. The van der Waals surface area contributed by atoms with Crippen LogP contribution in [0.25, 0.3) is 11.0 Å². The van der Waals surface area contributed by atoms with Crippen LogP contribution in [0.3, 0.4) is 0 Å². The first-order valence-electron chi connectivity index (χ1n) is 12.5. The molecule has 3 heterocycles. The second-order valence-corrected chi connectivity index (χ2v) is 10.3. The standard InChI is InChI=1S/C26H32F3N5O/c1-15-16(2)33-23-21(32-15)12-20(34-24(23)25(6-7-25)8-9-26(27,28)29)17-5-10-35-22(11-17)18(13-30)14-31-19-3-4-19/h12-14,17,19,22H,3-11,30H2,1-2H3/b18-13+,31-14?. The van der Waals surface area contributed by atoms with Crippen LogP contribution in [0.15, 0.2) is 22.8 Å². The number of pyridine rings is 1. The molecule has 2 atom stereocenters. The highest BCUT2D eigenvalue weighted by atomic mass is 19.4. The number of rotatable bonds is 7. The molecule has 2 saturated carbocycles. The Balaban J connectivity index is 1.49. The minimum atomic E-state index is -4.19. The van der Waals surface area contributed by atoms with Gasteiger partial charge in [-0.3, -0.25) is 9.98 Å². The van der Waals surface area contributed by atoms with Gasteiger partial charge in [-0.05, 0) is 64.9 Å². The lowest BCUT2D eigenvalue weighted by molar-refractivity contribution is -0.136. The maximum atomic E-state index is 13.1. The predicted molar refractivity (Wildman–Crippen MR) is 129 cm³/mol. The molecule has 188 valence electrons. The maximum absolute atomic E-state index is 13.1. The molecule has 9 heteroatoms. The summed E-state index contributed by atoms with van der Waals surface area (Å²) in [6.45, 7) is 4.33. The SMILES string of the molecule is Cc1nc2cc(C3CCOC(/C(C=NC4CC4)=C/N)C3)nc(C3(CCC(F)(F)F)CC3)c2nc1C. The van der Waals surface area contributed by atoms with Gasteiger partial charge in [0.05, 0.1) is 34.7 Å². The number of nitrogens with zero attached hydrogens (tertiary/aromatic N) is 4. The molecule has 0 amide bonds. The summed E-state index contributed by atoms with van der Waals surface area (Å²) in [5, 5.41) is 0. The van der Waals surface area contributed by atoms with Crippen LogP contribution in [0.5, 0.6) is 0 Å².